The van der Waals surface area contributed by atoms with Crippen LogP contribution in [-0.4, -0.2) is 18.2 Å². The number of anilines is 1. The maximum Gasteiger partial charge on any atom is 0.416 e. The van der Waals surface area contributed by atoms with E-state index in [1.54, 1.807) is 24.3 Å². The van der Waals surface area contributed by atoms with Crippen LogP contribution in [0.4, 0.5) is 24.5 Å². The predicted molar refractivity (Wildman–Crippen MR) is 82.3 cm³/mol. The number of nitrogens with one attached hydrogen (secondary N) is 1. The first-order chi connectivity index (χ1) is 11.3. The molecular formula is C15H12F3N3O3. The summed E-state index contributed by atoms with van der Waals surface area (Å²) in [6, 6.07) is 9.05. The molecule has 126 valence electrons. The van der Waals surface area contributed by atoms with Crippen molar-refractivity contribution in [1.82, 2.24) is 0 Å². The molecule has 2 aromatic carbocycles. The first-order valence-corrected chi connectivity index (χ1v) is 6.60. The number of hydrogen-bond donors (Lipinski definition) is 1. The SMILES string of the molecule is COc1ccccc1C=NNc1ccc(C(F)(F)F)cc1[N+](=O)[O-]. The number of nitro benzene ring substituents is 1. The average molecular weight is 339 g/mol. The summed E-state index contributed by atoms with van der Waals surface area (Å²) in [5.41, 5.74) is 1.000. The van der Waals surface area contributed by atoms with Crippen LogP contribution in [0.15, 0.2) is 47.6 Å². The summed E-state index contributed by atoms with van der Waals surface area (Å²) in [6.07, 6.45) is -3.32. The van der Waals surface area contributed by atoms with E-state index in [1.165, 1.54) is 13.3 Å². The van der Waals surface area contributed by atoms with Gasteiger partial charge in [0.25, 0.3) is 5.69 Å². The van der Waals surface area contributed by atoms with E-state index in [0.717, 1.165) is 12.1 Å². The molecule has 0 aliphatic heterocycles. The van der Waals surface area contributed by atoms with Crippen LogP contribution in [0.25, 0.3) is 0 Å². The van der Waals surface area contributed by atoms with E-state index in [9.17, 15) is 23.3 Å². The maximum absolute atomic E-state index is 12.6. The van der Waals surface area contributed by atoms with E-state index in [1.807, 2.05) is 0 Å². The number of nitro groups is 1. The fraction of sp³-hybridized carbons (Fsp3) is 0.133. The molecule has 0 amide bonds. The van der Waals surface area contributed by atoms with Crippen LogP contribution in [0.3, 0.4) is 0 Å². The number of halogens is 3. The Morgan fingerprint density at radius 3 is 2.58 bits per heavy atom. The normalized spacial score (nSPS) is 11.5. The second-order valence-corrected chi connectivity index (χ2v) is 4.60. The number of hydrogen-bond acceptors (Lipinski definition) is 5. The largest absolute Gasteiger partial charge is 0.496 e. The van der Waals surface area contributed by atoms with Gasteiger partial charge in [-0.25, -0.2) is 0 Å². The van der Waals surface area contributed by atoms with Crippen molar-refractivity contribution >= 4 is 17.6 Å². The summed E-state index contributed by atoms with van der Waals surface area (Å²) in [4.78, 5) is 10.1. The summed E-state index contributed by atoms with van der Waals surface area (Å²) in [5, 5.41) is 14.8. The van der Waals surface area contributed by atoms with Crippen molar-refractivity contribution in [2.75, 3.05) is 12.5 Å². The molecule has 0 radical (unpaired) electrons. The Bertz CT molecular complexity index is 776. The van der Waals surface area contributed by atoms with E-state index >= 15 is 0 Å². The zero-order chi connectivity index (χ0) is 17.7. The summed E-state index contributed by atoms with van der Waals surface area (Å²) in [5.74, 6) is 0.532. The predicted octanol–water partition coefficient (Wildman–Crippen LogP) is 4.07. The van der Waals surface area contributed by atoms with Gasteiger partial charge in [0.1, 0.15) is 11.4 Å². The quantitative estimate of drug-likeness (QED) is 0.506. The Labute approximate surface area is 134 Å². The molecule has 0 saturated heterocycles. The van der Waals surface area contributed by atoms with E-state index in [2.05, 4.69) is 10.5 Å². The lowest BCUT2D eigenvalue weighted by atomic mass is 10.1. The number of methoxy groups -OCH3 is 1. The summed E-state index contributed by atoms with van der Waals surface area (Å²) < 4.78 is 43.0. The first kappa shape index (κ1) is 17.3. The van der Waals surface area contributed by atoms with Crippen LogP contribution in [0.1, 0.15) is 11.1 Å². The summed E-state index contributed by atoms with van der Waals surface area (Å²) >= 11 is 0. The summed E-state index contributed by atoms with van der Waals surface area (Å²) in [6.45, 7) is 0. The third-order valence-corrected chi connectivity index (χ3v) is 3.05. The minimum atomic E-state index is -4.66. The third-order valence-electron chi connectivity index (χ3n) is 3.05. The van der Waals surface area contributed by atoms with Crippen LogP contribution < -0.4 is 10.2 Å². The zero-order valence-electron chi connectivity index (χ0n) is 12.4. The Balaban J connectivity index is 2.26. The van der Waals surface area contributed by atoms with E-state index < -0.39 is 22.4 Å². The fourth-order valence-electron chi connectivity index (χ4n) is 1.90. The molecule has 0 spiro atoms. The van der Waals surface area contributed by atoms with Gasteiger partial charge in [0, 0.05) is 11.6 Å². The Hall–Kier alpha value is -3.10. The standard InChI is InChI=1S/C15H12F3N3O3/c1-24-14-5-3-2-4-10(14)9-19-20-12-7-6-11(15(16,17)18)8-13(12)21(22)23/h2-9,20H,1H3. The van der Waals surface area contributed by atoms with Gasteiger partial charge in [-0.3, -0.25) is 15.5 Å². The maximum atomic E-state index is 12.6. The molecule has 0 atom stereocenters. The fourth-order valence-corrected chi connectivity index (χ4v) is 1.90. The van der Waals surface area contributed by atoms with Crippen molar-refractivity contribution in [1.29, 1.82) is 0 Å². The minimum Gasteiger partial charge on any atom is -0.496 e. The van der Waals surface area contributed by atoms with E-state index in [-0.39, 0.29) is 5.69 Å². The lowest BCUT2D eigenvalue weighted by Crippen LogP contribution is -2.06. The average Bonchev–Trinajstić information content (AvgIpc) is 2.54. The van der Waals surface area contributed by atoms with Crippen molar-refractivity contribution in [2.24, 2.45) is 5.10 Å². The molecule has 0 fully saturated rings. The molecule has 0 saturated carbocycles. The molecule has 9 heteroatoms. The molecule has 0 aliphatic carbocycles. The molecule has 1 N–H and O–H groups in total. The van der Waals surface area contributed by atoms with Gasteiger partial charge in [0.2, 0.25) is 0 Å². The highest BCUT2D eigenvalue weighted by molar-refractivity contribution is 5.84. The van der Waals surface area contributed by atoms with Gasteiger partial charge in [-0.05, 0) is 24.3 Å². The topological polar surface area (TPSA) is 76.8 Å². The van der Waals surface area contributed by atoms with Crippen LogP contribution in [0.2, 0.25) is 0 Å². The van der Waals surface area contributed by atoms with Gasteiger partial charge in [-0.15, -0.1) is 0 Å². The van der Waals surface area contributed by atoms with E-state index in [4.69, 9.17) is 4.74 Å². The number of nitrogens with zero attached hydrogens (tertiary/aromatic N) is 2. The zero-order valence-corrected chi connectivity index (χ0v) is 12.4. The Morgan fingerprint density at radius 1 is 1.25 bits per heavy atom. The summed E-state index contributed by atoms with van der Waals surface area (Å²) in [7, 11) is 1.47. The van der Waals surface area contributed by atoms with Crippen molar-refractivity contribution in [3.63, 3.8) is 0 Å². The number of rotatable bonds is 5. The highest BCUT2D eigenvalue weighted by atomic mass is 19.4. The van der Waals surface area contributed by atoms with Gasteiger partial charge in [-0.1, -0.05) is 12.1 Å². The van der Waals surface area contributed by atoms with Crippen LogP contribution in [0.5, 0.6) is 5.75 Å². The second-order valence-electron chi connectivity index (χ2n) is 4.60. The molecule has 2 rings (SSSR count). The second kappa shape index (κ2) is 6.99. The third kappa shape index (κ3) is 4.00. The van der Waals surface area contributed by atoms with Crippen LogP contribution in [-0.2, 0) is 6.18 Å². The van der Waals surface area contributed by atoms with Crippen molar-refractivity contribution in [3.8, 4) is 5.75 Å². The van der Waals surface area contributed by atoms with Crippen LogP contribution in [0, 0.1) is 10.1 Å². The number of hydrazone groups is 1. The van der Waals surface area contributed by atoms with Crippen LogP contribution >= 0.6 is 0 Å². The van der Waals surface area contributed by atoms with Gasteiger partial charge in [0.15, 0.2) is 0 Å². The molecule has 0 unspecified atom stereocenters. The molecule has 0 heterocycles. The monoisotopic (exact) mass is 339 g/mol. The number of benzene rings is 2. The molecular weight excluding hydrogens is 327 g/mol. The highest BCUT2D eigenvalue weighted by Gasteiger charge is 2.33. The van der Waals surface area contributed by atoms with Crippen molar-refractivity contribution < 1.29 is 22.8 Å². The Kier molecular flexibility index (Phi) is 5.02. The van der Waals surface area contributed by atoms with Gasteiger partial charge in [0.05, 0.1) is 23.8 Å². The first-order valence-electron chi connectivity index (χ1n) is 6.60. The molecule has 24 heavy (non-hydrogen) atoms. The Morgan fingerprint density at radius 2 is 1.96 bits per heavy atom. The van der Waals surface area contributed by atoms with Gasteiger partial charge in [-0.2, -0.15) is 18.3 Å². The number of para-hydroxylation sites is 1. The number of alkyl halides is 3. The van der Waals surface area contributed by atoms with E-state index in [0.29, 0.717) is 17.4 Å². The van der Waals surface area contributed by atoms with Crippen molar-refractivity contribution in [3.05, 3.63) is 63.7 Å². The molecule has 0 aromatic heterocycles. The lowest BCUT2D eigenvalue weighted by Gasteiger charge is -2.08. The smallest absolute Gasteiger partial charge is 0.416 e. The molecule has 0 bridgehead atoms. The number of ether oxygens (including phenoxy) is 1. The molecule has 0 aliphatic rings. The van der Waals surface area contributed by atoms with Gasteiger partial charge < -0.3 is 4.74 Å². The lowest BCUT2D eigenvalue weighted by molar-refractivity contribution is -0.384. The highest BCUT2D eigenvalue weighted by Crippen LogP contribution is 2.34. The minimum absolute atomic E-state index is 0.154. The molecule has 2 aromatic rings. The van der Waals surface area contributed by atoms with Gasteiger partial charge >= 0.3 is 6.18 Å². The van der Waals surface area contributed by atoms with Crippen molar-refractivity contribution in [2.45, 2.75) is 6.18 Å². The molecule has 6 nitrogen and oxygen atoms in total.